The molecule has 0 spiro atoms. The molecule has 74 valence electrons. The number of hydrogen-bond donors (Lipinski definition) is 1. The summed E-state index contributed by atoms with van der Waals surface area (Å²) in [6.07, 6.45) is 1.60. The first kappa shape index (κ1) is 11.9. The van der Waals surface area contributed by atoms with Crippen molar-refractivity contribution in [1.29, 1.82) is 0 Å². The van der Waals surface area contributed by atoms with E-state index in [1.165, 1.54) is 0 Å². The Morgan fingerprint density at radius 1 is 1.33 bits per heavy atom. The van der Waals surface area contributed by atoms with Gasteiger partial charge in [-0.25, -0.2) is 0 Å². The van der Waals surface area contributed by atoms with Crippen molar-refractivity contribution in [3.8, 4) is 0 Å². The van der Waals surface area contributed by atoms with Crippen LogP contribution >= 0.6 is 0 Å². The molecule has 1 unspecified atom stereocenters. The average Bonchev–Trinajstić information content (AvgIpc) is 2.01. The number of ether oxygens (including phenoxy) is 2. The zero-order valence-corrected chi connectivity index (χ0v) is 8.30. The van der Waals surface area contributed by atoms with Crippen LogP contribution in [0, 0.1) is 0 Å². The Balaban J connectivity index is 3.42. The Morgan fingerprint density at radius 3 is 2.50 bits per heavy atom. The summed E-state index contributed by atoms with van der Waals surface area (Å²) in [5, 5.41) is 9.67. The van der Waals surface area contributed by atoms with Gasteiger partial charge in [0.25, 0.3) is 0 Å². The van der Waals surface area contributed by atoms with Gasteiger partial charge in [-0.05, 0) is 13.3 Å². The van der Waals surface area contributed by atoms with Crippen molar-refractivity contribution in [2.24, 2.45) is 0 Å². The average molecular weight is 176 g/mol. The Kier molecular flexibility index (Phi) is 6.34. The fraction of sp³-hybridized carbons (Fsp3) is 1.00. The predicted molar refractivity (Wildman–Crippen MR) is 48.2 cm³/mol. The first-order chi connectivity index (χ1) is 5.62. The second-order valence-corrected chi connectivity index (χ2v) is 3.29. The first-order valence-electron chi connectivity index (χ1n) is 4.41. The van der Waals surface area contributed by atoms with E-state index in [1.807, 2.05) is 6.92 Å². The topological polar surface area (TPSA) is 38.7 Å². The van der Waals surface area contributed by atoms with Gasteiger partial charge in [0.05, 0.1) is 12.2 Å². The minimum atomic E-state index is -0.745. The third kappa shape index (κ3) is 6.58. The molecule has 0 radical (unpaired) electrons. The summed E-state index contributed by atoms with van der Waals surface area (Å²) in [6.45, 7) is 5.49. The van der Waals surface area contributed by atoms with Gasteiger partial charge in [-0.2, -0.15) is 0 Å². The number of aliphatic hydroxyl groups is 1. The first-order valence-corrected chi connectivity index (χ1v) is 4.41. The van der Waals surface area contributed by atoms with E-state index in [9.17, 15) is 5.11 Å². The summed E-state index contributed by atoms with van der Waals surface area (Å²) in [7, 11) is 1.63. The zero-order chi connectivity index (χ0) is 9.45. The maximum atomic E-state index is 9.67. The molecule has 0 bridgehead atoms. The van der Waals surface area contributed by atoms with Gasteiger partial charge in [-0.3, -0.25) is 0 Å². The molecule has 0 amide bonds. The number of methoxy groups -OCH3 is 1. The normalized spacial score (nSPS) is 16.0. The molecule has 0 aliphatic rings. The fourth-order valence-electron chi connectivity index (χ4n) is 0.830. The van der Waals surface area contributed by atoms with Gasteiger partial charge in [0.1, 0.15) is 0 Å². The molecule has 0 saturated heterocycles. The van der Waals surface area contributed by atoms with Crippen LogP contribution in [0.5, 0.6) is 0 Å². The Labute approximate surface area is 74.7 Å². The Bertz CT molecular complexity index is 102. The molecule has 1 atom stereocenters. The predicted octanol–water partition coefficient (Wildman–Crippen LogP) is 1.20. The van der Waals surface area contributed by atoms with E-state index in [-0.39, 0.29) is 0 Å². The van der Waals surface area contributed by atoms with Gasteiger partial charge in [0, 0.05) is 26.7 Å². The van der Waals surface area contributed by atoms with Crippen molar-refractivity contribution in [2.45, 2.75) is 32.3 Å². The van der Waals surface area contributed by atoms with Gasteiger partial charge >= 0.3 is 0 Å². The maximum Gasteiger partial charge on any atom is 0.0874 e. The second kappa shape index (κ2) is 6.40. The molecule has 0 aromatic carbocycles. The highest BCUT2D eigenvalue weighted by Crippen LogP contribution is 2.09. The molecule has 0 aromatic rings. The molecule has 0 heterocycles. The summed E-state index contributed by atoms with van der Waals surface area (Å²) in [5.41, 5.74) is -0.745. The van der Waals surface area contributed by atoms with E-state index in [2.05, 4.69) is 0 Å². The Morgan fingerprint density at radius 2 is 2.00 bits per heavy atom. The molecule has 0 aliphatic heterocycles. The summed E-state index contributed by atoms with van der Waals surface area (Å²) in [6, 6.07) is 0. The van der Waals surface area contributed by atoms with Gasteiger partial charge < -0.3 is 14.6 Å². The van der Waals surface area contributed by atoms with E-state index in [0.717, 1.165) is 6.42 Å². The van der Waals surface area contributed by atoms with Crippen LogP contribution in [0.15, 0.2) is 0 Å². The third-order valence-electron chi connectivity index (χ3n) is 1.61. The lowest BCUT2D eigenvalue weighted by Crippen LogP contribution is -2.32. The van der Waals surface area contributed by atoms with Gasteiger partial charge in [0.2, 0.25) is 0 Å². The third-order valence-corrected chi connectivity index (χ3v) is 1.61. The largest absolute Gasteiger partial charge is 0.388 e. The molecule has 12 heavy (non-hydrogen) atoms. The van der Waals surface area contributed by atoms with Gasteiger partial charge in [-0.15, -0.1) is 0 Å². The molecule has 0 fully saturated rings. The highest BCUT2D eigenvalue weighted by molar-refractivity contribution is 4.70. The van der Waals surface area contributed by atoms with Crippen LogP contribution in [-0.4, -0.2) is 37.6 Å². The van der Waals surface area contributed by atoms with Crippen LogP contribution in [0.2, 0.25) is 0 Å². The van der Waals surface area contributed by atoms with E-state index < -0.39 is 5.60 Å². The minimum absolute atomic E-state index is 0.393. The molecule has 3 heteroatoms. The summed E-state index contributed by atoms with van der Waals surface area (Å²) < 4.78 is 10.1. The lowest BCUT2D eigenvalue weighted by atomic mass is 10.1. The maximum absolute atomic E-state index is 9.67. The second-order valence-electron chi connectivity index (χ2n) is 3.29. The van der Waals surface area contributed by atoms with Crippen LogP contribution in [0.1, 0.15) is 26.7 Å². The van der Waals surface area contributed by atoms with Gasteiger partial charge in [0.15, 0.2) is 0 Å². The van der Waals surface area contributed by atoms with Crippen molar-refractivity contribution < 1.29 is 14.6 Å². The van der Waals surface area contributed by atoms with Crippen molar-refractivity contribution in [3.05, 3.63) is 0 Å². The fourth-order valence-corrected chi connectivity index (χ4v) is 0.830. The lowest BCUT2D eigenvalue weighted by Gasteiger charge is -2.22. The van der Waals surface area contributed by atoms with E-state index in [0.29, 0.717) is 26.2 Å². The monoisotopic (exact) mass is 176 g/mol. The van der Waals surface area contributed by atoms with E-state index in [4.69, 9.17) is 9.47 Å². The quantitative estimate of drug-likeness (QED) is 0.592. The van der Waals surface area contributed by atoms with Crippen LogP contribution < -0.4 is 0 Å². The van der Waals surface area contributed by atoms with Crippen LogP contribution in [0.3, 0.4) is 0 Å². The molecule has 0 saturated carbocycles. The summed E-state index contributed by atoms with van der Waals surface area (Å²) in [5.74, 6) is 0. The number of hydrogen-bond acceptors (Lipinski definition) is 3. The Hall–Kier alpha value is -0.120. The molecule has 0 aliphatic carbocycles. The molecular weight excluding hydrogens is 156 g/mol. The molecule has 3 nitrogen and oxygen atoms in total. The summed E-state index contributed by atoms with van der Waals surface area (Å²) in [4.78, 5) is 0. The van der Waals surface area contributed by atoms with Crippen molar-refractivity contribution in [3.63, 3.8) is 0 Å². The SMILES string of the molecule is CCCOCC(C)(O)CCOC. The smallest absolute Gasteiger partial charge is 0.0874 e. The molecule has 1 N–H and O–H groups in total. The zero-order valence-electron chi connectivity index (χ0n) is 8.30. The minimum Gasteiger partial charge on any atom is -0.388 e. The molecule has 0 aromatic heterocycles. The van der Waals surface area contributed by atoms with E-state index >= 15 is 0 Å². The van der Waals surface area contributed by atoms with Crippen molar-refractivity contribution in [2.75, 3.05) is 26.9 Å². The highest BCUT2D eigenvalue weighted by atomic mass is 16.5. The molecule has 0 rings (SSSR count). The van der Waals surface area contributed by atoms with Crippen LogP contribution in [0.25, 0.3) is 0 Å². The molecular formula is C9H20O3. The van der Waals surface area contributed by atoms with Gasteiger partial charge in [-0.1, -0.05) is 6.92 Å². The van der Waals surface area contributed by atoms with Crippen molar-refractivity contribution in [1.82, 2.24) is 0 Å². The highest BCUT2D eigenvalue weighted by Gasteiger charge is 2.19. The van der Waals surface area contributed by atoms with Crippen LogP contribution in [0.4, 0.5) is 0 Å². The lowest BCUT2D eigenvalue weighted by molar-refractivity contribution is -0.0495. The number of rotatable bonds is 7. The van der Waals surface area contributed by atoms with E-state index in [1.54, 1.807) is 14.0 Å². The summed E-state index contributed by atoms with van der Waals surface area (Å²) >= 11 is 0. The van der Waals surface area contributed by atoms with Crippen LogP contribution in [-0.2, 0) is 9.47 Å². The standard InChI is InChI=1S/C9H20O3/c1-4-6-12-8-9(2,10)5-7-11-3/h10H,4-8H2,1-3H3. The van der Waals surface area contributed by atoms with Crippen molar-refractivity contribution >= 4 is 0 Å².